The first-order valence-electron chi connectivity index (χ1n) is 7.56. The van der Waals surface area contributed by atoms with E-state index in [0.29, 0.717) is 6.42 Å². The van der Waals surface area contributed by atoms with E-state index < -0.39 is 40.2 Å². The van der Waals surface area contributed by atoms with Gasteiger partial charge in [0.05, 0.1) is 0 Å². The average molecular weight is 316 g/mol. The molecule has 0 fully saturated rings. The normalized spacial score (nSPS) is 10.9. The van der Waals surface area contributed by atoms with Gasteiger partial charge in [-0.3, -0.25) is 0 Å². The minimum absolute atomic E-state index is 0.00596. The molecular weight excluding hydrogens is 294 g/mol. The van der Waals surface area contributed by atoms with Crippen LogP contribution in [0.3, 0.4) is 0 Å². The molecule has 0 bridgehead atoms. The molecule has 22 heavy (non-hydrogen) atoms. The number of carboxylic acids is 1. The van der Waals surface area contributed by atoms with Crippen molar-refractivity contribution in [3.8, 4) is 11.5 Å². The highest BCUT2D eigenvalue weighted by molar-refractivity contribution is 5.93. The van der Waals surface area contributed by atoms with Crippen molar-refractivity contribution in [3.05, 3.63) is 22.8 Å². The van der Waals surface area contributed by atoms with Gasteiger partial charge in [0.25, 0.3) is 0 Å². The summed E-state index contributed by atoms with van der Waals surface area (Å²) < 4.78 is 27.3. The monoisotopic (exact) mass is 316 g/mol. The number of aromatic carboxylic acids is 1. The van der Waals surface area contributed by atoms with Crippen molar-refractivity contribution in [2.45, 2.75) is 58.3 Å². The number of carbonyl (C=O) groups is 1. The molecule has 0 aliphatic heterocycles. The molecule has 1 aromatic carbocycles. The van der Waals surface area contributed by atoms with E-state index in [-0.39, 0.29) is 6.42 Å². The third-order valence-corrected chi connectivity index (χ3v) is 3.67. The van der Waals surface area contributed by atoms with Crippen molar-refractivity contribution in [1.82, 2.24) is 0 Å². The van der Waals surface area contributed by atoms with Crippen LogP contribution in [0.25, 0.3) is 0 Å². The summed E-state index contributed by atoms with van der Waals surface area (Å²) in [7, 11) is 0. The number of halogens is 2. The molecule has 0 radical (unpaired) electrons. The van der Waals surface area contributed by atoms with Gasteiger partial charge in [-0.15, -0.1) is 0 Å². The number of unbranched alkanes of at least 4 members (excludes halogenated alkanes) is 6. The van der Waals surface area contributed by atoms with E-state index in [0.717, 1.165) is 38.5 Å². The predicted molar refractivity (Wildman–Crippen MR) is 78.3 cm³/mol. The summed E-state index contributed by atoms with van der Waals surface area (Å²) in [5, 5.41) is 27.7. The van der Waals surface area contributed by atoms with Gasteiger partial charge in [0.15, 0.2) is 17.3 Å². The molecule has 1 aromatic rings. The molecule has 1 rings (SSSR count). The van der Waals surface area contributed by atoms with Gasteiger partial charge >= 0.3 is 5.97 Å². The Morgan fingerprint density at radius 2 is 1.45 bits per heavy atom. The number of hydrogen-bond donors (Lipinski definition) is 3. The van der Waals surface area contributed by atoms with Crippen molar-refractivity contribution in [2.24, 2.45) is 0 Å². The lowest BCUT2D eigenvalue weighted by Gasteiger charge is -2.12. The van der Waals surface area contributed by atoms with Crippen molar-refractivity contribution in [1.29, 1.82) is 0 Å². The smallest absolute Gasteiger partial charge is 0.340 e. The molecular formula is C16H22F2O4. The van der Waals surface area contributed by atoms with E-state index in [9.17, 15) is 23.8 Å². The van der Waals surface area contributed by atoms with Crippen LogP contribution in [0.4, 0.5) is 8.78 Å². The van der Waals surface area contributed by atoms with Gasteiger partial charge < -0.3 is 15.3 Å². The van der Waals surface area contributed by atoms with E-state index in [2.05, 4.69) is 6.92 Å². The molecule has 0 saturated carbocycles. The molecule has 0 unspecified atom stereocenters. The fourth-order valence-electron chi connectivity index (χ4n) is 2.44. The highest BCUT2D eigenvalue weighted by Crippen LogP contribution is 2.37. The fraction of sp³-hybridized carbons (Fsp3) is 0.562. The zero-order chi connectivity index (χ0) is 16.7. The highest BCUT2D eigenvalue weighted by Gasteiger charge is 2.27. The van der Waals surface area contributed by atoms with Gasteiger partial charge in [-0.2, -0.15) is 4.39 Å². The van der Waals surface area contributed by atoms with E-state index in [1.54, 1.807) is 0 Å². The minimum Gasteiger partial charge on any atom is -0.504 e. The molecule has 0 atom stereocenters. The first-order chi connectivity index (χ1) is 10.4. The molecule has 0 aliphatic rings. The second kappa shape index (κ2) is 8.56. The molecule has 0 saturated heterocycles. The van der Waals surface area contributed by atoms with Crippen LogP contribution in [-0.4, -0.2) is 21.3 Å². The van der Waals surface area contributed by atoms with Crippen LogP contribution in [0.5, 0.6) is 11.5 Å². The number of phenolic OH excluding ortho intramolecular Hbond substituents is 1. The maximum Gasteiger partial charge on any atom is 0.340 e. The second-order valence-corrected chi connectivity index (χ2v) is 5.36. The van der Waals surface area contributed by atoms with Crippen LogP contribution in [0, 0.1) is 11.6 Å². The van der Waals surface area contributed by atoms with Crippen molar-refractivity contribution in [3.63, 3.8) is 0 Å². The predicted octanol–water partition coefficient (Wildman–Crippen LogP) is 4.37. The Morgan fingerprint density at radius 3 is 2.00 bits per heavy atom. The van der Waals surface area contributed by atoms with Crippen LogP contribution < -0.4 is 0 Å². The average Bonchev–Trinajstić information content (AvgIpc) is 2.48. The van der Waals surface area contributed by atoms with Gasteiger partial charge in [0.1, 0.15) is 5.56 Å². The minimum atomic E-state index is -1.61. The number of hydrogen-bond acceptors (Lipinski definition) is 3. The number of phenols is 2. The lowest BCUT2D eigenvalue weighted by atomic mass is 9.98. The number of rotatable bonds is 9. The zero-order valence-electron chi connectivity index (χ0n) is 12.7. The summed E-state index contributed by atoms with van der Waals surface area (Å²) >= 11 is 0. The second-order valence-electron chi connectivity index (χ2n) is 5.36. The Bertz CT molecular complexity index is 530. The quantitative estimate of drug-likeness (QED) is 0.467. The third-order valence-electron chi connectivity index (χ3n) is 3.67. The van der Waals surface area contributed by atoms with Gasteiger partial charge in [-0.25, -0.2) is 9.18 Å². The van der Waals surface area contributed by atoms with E-state index in [1.807, 2.05) is 0 Å². The van der Waals surface area contributed by atoms with E-state index in [1.165, 1.54) is 0 Å². The standard InChI is InChI=1S/C16H22F2O4/c1-2-3-4-5-6-7-8-9-10-11(16(21)22)14(19)15(20)13(18)12(10)17/h19-20H,2-9H2,1H3,(H,21,22). The highest BCUT2D eigenvalue weighted by atomic mass is 19.2. The molecule has 0 spiro atoms. The Balaban J connectivity index is 2.75. The first-order valence-corrected chi connectivity index (χ1v) is 7.56. The van der Waals surface area contributed by atoms with Crippen molar-refractivity contribution >= 4 is 5.97 Å². The van der Waals surface area contributed by atoms with Crippen LogP contribution in [0.1, 0.15) is 67.8 Å². The Hall–Kier alpha value is -1.85. The van der Waals surface area contributed by atoms with E-state index >= 15 is 0 Å². The largest absolute Gasteiger partial charge is 0.504 e. The van der Waals surface area contributed by atoms with Crippen LogP contribution in [0.2, 0.25) is 0 Å². The van der Waals surface area contributed by atoms with Crippen molar-refractivity contribution in [2.75, 3.05) is 0 Å². The topological polar surface area (TPSA) is 77.8 Å². The Kier molecular flexibility index (Phi) is 7.08. The molecule has 0 heterocycles. The molecule has 4 nitrogen and oxygen atoms in total. The van der Waals surface area contributed by atoms with Gasteiger partial charge in [0.2, 0.25) is 5.82 Å². The number of aromatic hydroxyl groups is 2. The zero-order valence-corrected chi connectivity index (χ0v) is 12.7. The summed E-state index contributed by atoms with van der Waals surface area (Å²) in [6.45, 7) is 2.11. The Labute approximate surface area is 128 Å². The molecule has 124 valence electrons. The molecule has 0 amide bonds. The van der Waals surface area contributed by atoms with Crippen LogP contribution >= 0.6 is 0 Å². The maximum atomic E-state index is 13.8. The van der Waals surface area contributed by atoms with E-state index in [4.69, 9.17) is 5.11 Å². The van der Waals surface area contributed by atoms with Crippen LogP contribution in [-0.2, 0) is 6.42 Å². The SMILES string of the molecule is CCCCCCCCCc1c(F)c(F)c(O)c(O)c1C(=O)O. The van der Waals surface area contributed by atoms with Crippen LogP contribution in [0.15, 0.2) is 0 Å². The molecule has 0 aromatic heterocycles. The summed E-state index contributed by atoms with van der Waals surface area (Å²) in [6.07, 6.45) is 6.69. The van der Waals surface area contributed by atoms with Crippen molar-refractivity contribution < 1.29 is 28.9 Å². The van der Waals surface area contributed by atoms with Gasteiger partial charge in [0, 0.05) is 5.56 Å². The number of carboxylic acid groups (broad SMARTS) is 1. The van der Waals surface area contributed by atoms with Gasteiger partial charge in [-0.05, 0) is 12.8 Å². The summed E-state index contributed by atoms with van der Waals surface area (Å²) in [6, 6.07) is 0. The summed E-state index contributed by atoms with van der Waals surface area (Å²) in [5.41, 5.74) is -1.16. The maximum absolute atomic E-state index is 13.8. The molecule has 6 heteroatoms. The lowest BCUT2D eigenvalue weighted by Crippen LogP contribution is -2.08. The molecule has 0 aliphatic carbocycles. The third kappa shape index (κ3) is 4.32. The molecule has 3 N–H and O–H groups in total. The Morgan fingerprint density at radius 1 is 0.909 bits per heavy atom. The fourth-order valence-corrected chi connectivity index (χ4v) is 2.44. The summed E-state index contributed by atoms with van der Waals surface area (Å²) in [5.74, 6) is -7.09. The van der Waals surface area contributed by atoms with Gasteiger partial charge in [-0.1, -0.05) is 45.4 Å². The lowest BCUT2D eigenvalue weighted by molar-refractivity contribution is 0.0690. The first kappa shape index (κ1) is 18.2. The summed E-state index contributed by atoms with van der Waals surface area (Å²) in [4.78, 5) is 11.1. The number of benzene rings is 1.